The van der Waals surface area contributed by atoms with Gasteiger partial charge in [0.1, 0.15) is 5.69 Å². The normalized spacial score (nSPS) is 10.6. The van der Waals surface area contributed by atoms with Crippen LogP contribution >= 0.6 is 11.3 Å². The molecule has 0 unspecified atom stereocenters. The minimum absolute atomic E-state index is 0.119. The van der Waals surface area contributed by atoms with Gasteiger partial charge in [-0.15, -0.1) is 11.3 Å². The van der Waals surface area contributed by atoms with E-state index in [1.54, 1.807) is 24.4 Å². The third-order valence-electron chi connectivity index (χ3n) is 2.39. The number of rotatable bonds is 2. The standard InChI is InChI=1S/C13H8N2OS/c16-12(10-6-3-4-8-14-10)13-15-9-5-1-2-7-11(9)17-13/h1-8H. The smallest absolute Gasteiger partial charge is 0.239 e. The van der Waals surface area contributed by atoms with E-state index < -0.39 is 0 Å². The van der Waals surface area contributed by atoms with Crippen molar-refractivity contribution in [2.45, 2.75) is 0 Å². The third kappa shape index (κ3) is 1.83. The average molecular weight is 240 g/mol. The van der Waals surface area contributed by atoms with Crippen molar-refractivity contribution >= 4 is 27.3 Å². The van der Waals surface area contributed by atoms with Crippen LogP contribution in [0.1, 0.15) is 15.5 Å². The molecule has 82 valence electrons. The van der Waals surface area contributed by atoms with E-state index in [9.17, 15) is 4.79 Å². The van der Waals surface area contributed by atoms with Gasteiger partial charge in [-0.1, -0.05) is 18.2 Å². The van der Waals surface area contributed by atoms with E-state index in [0.717, 1.165) is 10.2 Å². The molecule has 0 aliphatic heterocycles. The molecule has 17 heavy (non-hydrogen) atoms. The zero-order chi connectivity index (χ0) is 11.7. The number of nitrogens with zero attached hydrogens (tertiary/aromatic N) is 2. The monoisotopic (exact) mass is 240 g/mol. The van der Waals surface area contributed by atoms with E-state index in [1.807, 2.05) is 24.3 Å². The fourth-order valence-electron chi connectivity index (χ4n) is 1.58. The molecule has 0 aliphatic carbocycles. The Morgan fingerprint density at radius 3 is 2.65 bits per heavy atom. The molecule has 0 radical (unpaired) electrons. The van der Waals surface area contributed by atoms with E-state index in [-0.39, 0.29) is 5.78 Å². The van der Waals surface area contributed by atoms with Crippen LogP contribution in [0, 0.1) is 0 Å². The number of para-hydroxylation sites is 1. The second kappa shape index (κ2) is 4.07. The number of aromatic nitrogens is 2. The maximum Gasteiger partial charge on any atom is 0.239 e. The minimum Gasteiger partial charge on any atom is -0.284 e. The summed E-state index contributed by atoms with van der Waals surface area (Å²) >= 11 is 1.40. The maximum atomic E-state index is 12.1. The van der Waals surface area contributed by atoms with Gasteiger partial charge in [-0.3, -0.25) is 9.78 Å². The van der Waals surface area contributed by atoms with Crippen LogP contribution in [0.3, 0.4) is 0 Å². The summed E-state index contributed by atoms with van der Waals surface area (Å²) in [7, 11) is 0. The summed E-state index contributed by atoms with van der Waals surface area (Å²) < 4.78 is 1.02. The van der Waals surface area contributed by atoms with Gasteiger partial charge in [0.15, 0.2) is 5.01 Å². The molecule has 0 saturated heterocycles. The van der Waals surface area contributed by atoms with Crippen LogP contribution in [0.25, 0.3) is 10.2 Å². The lowest BCUT2D eigenvalue weighted by atomic mass is 10.2. The summed E-state index contributed by atoms with van der Waals surface area (Å²) in [5.41, 5.74) is 1.29. The molecule has 4 heteroatoms. The molecule has 1 aromatic carbocycles. The molecule has 0 N–H and O–H groups in total. The first-order chi connectivity index (χ1) is 8.34. The Morgan fingerprint density at radius 1 is 1.06 bits per heavy atom. The highest BCUT2D eigenvalue weighted by molar-refractivity contribution is 7.20. The van der Waals surface area contributed by atoms with E-state index in [1.165, 1.54) is 11.3 Å². The topological polar surface area (TPSA) is 42.9 Å². The zero-order valence-electron chi connectivity index (χ0n) is 8.83. The predicted molar refractivity (Wildman–Crippen MR) is 67.3 cm³/mol. The Hall–Kier alpha value is -2.07. The fourth-order valence-corrected chi connectivity index (χ4v) is 2.49. The highest BCUT2D eigenvalue weighted by Crippen LogP contribution is 2.23. The van der Waals surface area contributed by atoms with Crippen LogP contribution in [0.4, 0.5) is 0 Å². The van der Waals surface area contributed by atoms with Crippen molar-refractivity contribution in [3.8, 4) is 0 Å². The van der Waals surface area contributed by atoms with Crippen LogP contribution < -0.4 is 0 Å². The Kier molecular flexibility index (Phi) is 2.42. The lowest BCUT2D eigenvalue weighted by Gasteiger charge is -1.93. The molecule has 0 atom stereocenters. The van der Waals surface area contributed by atoms with E-state index in [2.05, 4.69) is 9.97 Å². The van der Waals surface area contributed by atoms with Gasteiger partial charge in [-0.25, -0.2) is 4.98 Å². The summed E-state index contributed by atoms with van der Waals surface area (Å²) in [5.74, 6) is -0.119. The van der Waals surface area contributed by atoms with Gasteiger partial charge in [0.25, 0.3) is 0 Å². The van der Waals surface area contributed by atoms with Crippen LogP contribution in [0.2, 0.25) is 0 Å². The predicted octanol–water partition coefficient (Wildman–Crippen LogP) is 2.92. The number of ketones is 1. The number of thiazole rings is 1. The molecular formula is C13H8N2OS. The van der Waals surface area contributed by atoms with Crippen molar-refractivity contribution in [3.63, 3.8) is 0 Å². The van der Waals surface area contributed by atoms with Crippen molar-refractivity contribution in [2.24, 2.45) is 0 Å². The molecule has 2 aromatic heterocycles. The molecule has 3 nitrogen and oxygen atoms in total. The number of hydrogen-bond donors (Lipinski definition) is 0. The fraction of sp³-hybridized carbons (Fsp3) is 0. The molecule has 0 amide bonds. The molecule has 0 saturated carbocycles. The molecular weight excluding hydrogens is 232 g/mol. The van der Waals surface area contributed by atoms with Gasteiger partial charge in [0, 0.05) is 6.20 Å². The second-order valence-corrected chi connectivity index (χ2v) is 4.56. The van der Waals surface area contributed by atoms with Gasteiger partial charge in [0.05, 0.1) is 10.2 Å². The van der Waals surface area contributed by atoms with Gasteiger partial charge in [0.2, 0.25) is 5.78 Å². The first kappa shape index (κ1) is 10.1. The van der Waals surface area contributed by atoms with Crippen LogP contribution in [-0.2, 0) is 0 Å². The van der Waals surface area contributed by atoms with Gasteiger partial charge in [-0.2, -0.15) is 0 Å². The molecule has 3 rings (SSSR count). The number of hydrogen-bond acceptors (Lipinski definition) is 4. The minimum atomic E-state index is -0.119. The van der Waals surface area contributed by atoms with E-state index in [0.29, 0.717) is 10.7 Å². The summed E-state index contributed by atoms with van der Waals surface area (Å²) in [4.78, 5) is 20.5. The second-order valence-electron chi connectivity index (χ2n) is 3.53. The average Bonchev–Trinajstić information content (AvgIpc) is 2.82. The van der Waals surface area contributed by atoms with E-state index in [4.69, 9.17) is 0 Å². The molecule has 2 heterocycles. The van der Waals surface area contributed by atoms with Crippen LogP contribution in [0.15, 0.2) is 48.7 Å². The number of carbonyl (C=O) groups excluding carboxylic acids is 1. The van der Waals surface area contributed by atoms with Crippen molar-refractivity contribution in [1.29, 1.82) is 0 Å². The largest absolute Gasteiger partial charge is 0.284 e. The summed E-state index contributed by atoms with van der Waals surface area (Å²) in [6.45, 7) is 0. The Labute approximate surface area is 102 Å². The number of pyridine rings is 1. The number of carbonyl (C=O) groups is 1. The van der Waals surface area contributed by atoms with Gasteiger partial charge >= 0.3 is 0 Å². The number of fused-ring (bicyclic) bond motifs is 1. The first-order valence-corrected chi connectivity index (χ1v) is 5.97. The van der Waals surface area contributed by atoms with Crippen molar-refractivity contribution in [3.05, 3.63) is 59.4 Å². The molecule has 3 aromatic rings. The Bertz CT molecular complexity index is 643. The third-order valence-corrected chi connectivity index (χ3v) is 3.42. The van der Waals surface area contributed by atoms with Gasteiger partial charge < -0.3 is 0 Å². The lowest BCUT2D eigenvalue weighted by molar-refractivity contribution is 0.103. The van der Waals surface area contributed by atoms with Crippen LogP contribution in [0.5, 0.6) is 0 Å². The first-order valence-electron chi connectivity index (χ1n) is 5.16. The van der Waals surface area contributed by atoms with Crippen LogP contribution in [-0.4, -0.2) is 15.8 Å². The summed E-state index contributed by atoms with van der Waals surface area (Å²) in [6, 6.07) is 13.0. The SMILES string of the molecule is O=C(c1ccccn1)c1nc2ccccc2s1. The highest BCUT2D eigenvalue weighted by Gasteiger charge is 2.14. The Morgan fingerprint density at radius 2 is 1.88 bits per heavy atom. The zero-order valence-corrected chi connectivity index (χ0v) is 9.65. The van der Waals surface area contributed by atoms with Gasteiger partial charge in [-0.05, 0) is 24.3 Å². The lowest BCUT2D eigenvalue weighted by Crippen LogP contribution is -2.02. The Balaban J connectivity index is 2.07. The summed E-state index contributed by atoms with van der Waals surface area (Å²) in [5, 5.41) is 0.491. The quantitative estimate of drug-likeness (QED) is 0.647. The maximum absolute atomic E-state index is 12.1. The molecule has 0 spiro atoms. The molecule has 0 fully saturated rings. The highest BCUT2D eigenvalue weighted by atomic mass is 32.1. The summed E-state index contributed by atoms with van der Waals surface area (Å²) in [6.07, 6.45) is 1.61. The molecule has 0 bridgehead atoms. The van der Waals surface area contributed by atoms with Crippen molar-refractivity contribution in [2.75, 3.05) is 0 Å². The molecule has 0 aliphatic rings. The van der Waals surface area contributed by atoms with E-state index >= 15 is 0 Å². The number of benzene rings is 1. The van der Waals surface area contributed by atoms with Crippen molar-refractivity contribution in [1.82, 2.24) is 9.97 Å². The van der Waals surface area contributed by atoms with Crippen molar-refractivity contribution < 1.29 is 4.79 Å².